The number of rotatable bonds is 2. The van der Waals surface area contributed by atoms with E-state index in [0.29, 0.717) is 12.1 Å². The van der Waals surface area contributed by atoms with Gasteiger partial charge in [-0.15, -0.1) is 0 Å². The molecule has 3 nitrogen and oxygen atoms in total. The second-order valence-corrected chi connectivity index (χ2v) is 6.63. The number of nitrogens with one attached hydrogen (secondary N) is 1. The Hall–Kier alpha value is -2.66. The van der Waals surface area contributed by atoms with Gasteiger partial charge in [0.1, 0.15) is 0 Å². The lowest BCUT2D eigenvalue weighted by atomic mass is 9.85. The molecule has 0 saturated heterocycles. The minimum atomic E-state index is -0.798. The SMILES string of the molecule is Cc1ccc(-c2ccc3c(c2)CNCCC3c2cccc(F)c2F)nn1. The molecular formula is C21H19F2N3. The summed E-state index contributed by atoms with van der Waals surface area (Å²) in [5.74, 6) is -1.72. The molecule has 0 radical (unpaired) electrons. The molecule has 3 aromatic rings. The molecule has 2 aromatic carbocycles. The quantitative estimate of drug-likeness (QED) is 0.746. The van der Waals surface area contributed by atoms with Gasteiger partial charge in [0.15, 0.2) is 11.6 Å². The molecular weight excluding hydrogens is 332 g/mol. The van der Waals surface area contributed by atoms with Crippen molar-refractivity contribution in [2.75, 3.05) is 6.54 Å². The second-order valence-electron chi connectivity index (χ2n) is 6.63. The van der Waals surface area contributed by atoms with Gasteiger partial charge in [0.05, 0.1) is 11.4 Å². The monoisotopic (exact) mass is 351 g/mol. The molecule has 0 amide bonds. The number of halogens is 2. The molecule has 0 spiro atoms. The molecule has 0 bridgehead atoms. The summed E-state index contributed by atoms with van der Waals surface area (Å²) in [5.41, 5.74) is 5.17. The number of aryl methyl sites for hydroxylation is 1. The molecule has 1 atom stereocenters. The van der Waals surface area contributed by atoms with E-state index < -0.39 is 11.6 Å². The highest BCUT2D eigenvalue weighted by Gasteiger charge is 2.24. The van der Waals surface area contributed by atoms with Crippen LogP contribution in [0.4, 0.5) is 8.78 Å². The van der Waals surface area contributed by atoms with Gasteiger partial charge in [0.2, 0.25) is 0 Å². The van der Waals surface area contributed by atoms with Crippen LogP contribution in [0.2, 0.25) is 0 Å². The Morgan fingerprint density at radius 3 is 2.69 bits per heavy atom. The first-order chi connectivity index (χ1) is 12.6. The first-order valence-electron chi connectivity index (χ1n) is 8.71. The molecule has 1 unspecified atom stereocenters. The first-order valence-corrected chi connectivity index (χ1v) is 8.71. The number of hydrogen-bond donors (Lipinski definition) is 1. The van der Waals surface area contributed by atoms with Gasteiger partial charge in [-0.05, 0) is 60.8 Å². The highest BCUT2D eigenvalue weighted by atomic mass is 19.2. The fourth-order valence-corrected chi connectivity index (χ4v) is 3.55. The summed E-state index contributed by atoms with van der Waals surface area (Å²) in [6.07, 6.45) is 0.719. The standard InChI is InChI=1S/C21H19F2N3/c1-13-5-8-20(26-25-13)14-6-7-16-15(11-14)12-24-10-9-17(16)18-3-2-4-19(22)21(18)23/h2-8,11,17,24H,9-10,12H2,1H3. The van der Waals surface area contributed by atoms with Crippen LogP contribution >= 0.6 is 0 Å². The number of hydrogen-bond acceptors (Lipinski definition) is 3. The topological polar surface area (TPSA) is 37.8 Å². The molecule has 1 aliphatic heterocycles. The normalized spacial score (nSPS) is 16.8. The molecule has 1 aliphatic rings. The summed E-state index contributed by atoms with van der Waals surface area (Å²) in [4.78, 5) is 0. The maximum Gasteiger partial charge on any atom is 0.162 e. The Bertz CT molecular complexity index is 938. The lowest BCUT2D eigenvalue weighted by Crippen LogP contribution is -2.13. The molecule has 132 valence electrons. The molecule has 5 heteroatoms. The summed E-state index contributed by atoms with van der Waals surface area (Å²) in [5, 5.41) is 11.7. The van der Waals surface area contributed by atoms with Gasteiger partial charge in [0, 0.05) is 18.0 Å². The average Bonchev–Trinajstić information content (AvgIpc) is 2.86. The molecule has 0 saturated carbocycles. The predicted octanol–water partition coefficient (Wildman–Crippen LogP) is 4.36. The van der Waals surface area contributed by atoms with E-state index in [1.54, 1.807) is 12.1 Å². The van der Waals surface area contributed by atoms with Gasteiger partial charge in [-0.3, -0.25) is 0 Å². The number of fused-ring (bicyclic) bond motifs is 1. The number of aromatic nitrogens is 2. The van der Waals surface area contributed by atoms with Crippen LogP contribution < -0.4 is 5.32 Å². The summed E-state index contributed by atoms with van der Waals surface area (Å²) >= 11 is 0. The third-order valence-electron chi connectivity index (χ3n) is 4.89. The van der Waals surface area contributed by atoms with Gasteiger partial charge in [-0.1, -0.05) is 24.3 Å². The summed E-state index contributed by atoms with van der Waals surface area (Å²) < 4.78 is 28.1. The summed E-state index contributed by atoms with van der Waals surface area (Å²) in [6, 6.07) is 14.3. The Morgan fingerprint density at radius 1 is 1.00 bits per heavy atom. The molecule has 1 aromatic heterocycles. The maximum absolute atomic E-state index is 14.4. The van der Waals surface area contributed by atoms with Crippen molar-refractivity contribution >= 4 is 0 Å². The molecule has 26 heavy (non-hydrogen) atoms. The zero-order chi connectivity index (χ0) is 18.1. The van der Waals surface area contributed by atoms with E-state index in [4.69, 9.17) is 0 Å². The number of benzene rings is 2. The van der Waals surface area contributed by atoms with E-state index >= 15 is 0 Å². The van der Waals surface area contributed by atoms with Crippen LogP contribution in [0.5, 0.6) is 0 Å². The van der Waals surface area contributed by atoms with Crippen LogP contribution in [0.25, 0.3) is 11.3 Å². The van der Waals surface area contributed by atoms with Crippen molar-refractivity contribution in [2.45, 2.75) is 25.8 Å². The molecule has 2 heterocycles. The molecule has 1 N–H and O–H groups in total. The average molecular weight is 351 g/mol. The Morgan fingerprint density at radius 2 is 1.88 bits per heavy atom. The number of nitrogens with zero attached hydrogens (tertiary/aromatic N) is 2. The minimum absolute atomic E-state index is 0.172. The van der Waals surface area contributed by atoms with Crippen LogP contribution in [-0.2, 0) is 6.54 Å². The maximum atomic E-state index is 14.4. The van der Waals surface area contributed by atoms with E-state index in [9.17, 15) is 8.78 Å². The highest BCUT2D eigenvalue weighted by Crippen LogP contribution is 2.35. The van der Waals surface area contributed by atoms with Gasteiger partial charge in [-0.2, -0.15) is 10.2 Å². The Balaban J connectivity index is 1.78. The third-order valence-corrected chi connectivity index (χ3v) is 4.89. The third kappa shape index (κ3) is 3.10. The largest absolute Gasteiger partial charge is 0.313 e. The summed E-state index contributed by atoms with van der Waals surface area (Å²) in [6.45, 7) is 3.33. The van der Waals surface area contributed by atoms with Crippen molar-refractivity contribution in [3.05, 3.63) is 82.5 Å². The van der Waals surface area contributed by atoms with Crippen molar-refractivity contribution in [3.63, 3.8) is 0 Å². The summed E-state index contributed by atoms with van der Waals surface area (Å²) in [7, 11) is 0. The predicted molar refractivity (Wildman–Crippen MR) is 96.7 cm³/mol. The van der Waals surface area contributed by atoms with Crippen LogP contribution in [0.1, 0.15) is 34.7 Å². The van der Waals surface area contributed by atoms with Crippen LogP contribution in [-0.4, -0.2) is 16.7 Å². The lowest BCUT2D eigenvalue weighted by molar-refractivity contribution is 0.490. The van der Waals surface area contributed by atoms with E-state index in [-0.39, 0.29) is 5.92 Å². The lowest BCUT2D eigenvalue weighted by Gasteiger charge is -2.19. The van der Waals surface area contributed by atoms with Gasteiger partial charge in [-0.25, -0.2) is 8.78 Å². The van der Waals surface area contributed by atoms with E-state index in [2.05, 4.69) is 21.6 Å². The van der Waals surface area contributed by atoms with Gasteiger partial charge >= 0.3 is 0 Å². The van der Waals surface area contributed by atoms with Crippen LogP contribution in [0.3, 0.4) is 0 Å². The first kappa shape index (κ1) is 16.8. The van der Waals surface area contributed by atoms with E-state index in [1.165, 1.54) is 0 Å². The molecule has 0 aliphatic carbocycles. The Labute approximate surface area is 151 Å². The smallest absolute Gasteiger partial charge is 0.162 e. The van der Waals surface area contributed by atoms with Crippen LogP contribution in [0, 0.1) is 18.6 Å². The fourth-order valence-electron chi connectivity index (χ4n) is 3.55. The minimum Gasteiger partial charge on any atom is -0.313 e. The Kier molecular flexibility index (Phi) is 4.47. The van der Waals surface area contributed by atoms with Crippen molar-refractivity contribution in [1.29, 1.82) is 0 Å². The van der Waals surface area contributed by atoms with Crippen molar-refractivity contribution < 1.29 is 8.78 Å². The van der Waals surface area contributed by atoms with E-state index in [0.717, 1.165) is 47.1 Å². The highest BCUT2D eigenvalue weighted by molar-refractivity contribution is 5.61. The van der Waals surface area contributed by atoms with E-state index in [1.807, 2.05) is 31.2 Å². The van der Waals surface area contributed by atoms with Crippen molar-refractivity contribution in [2.24, 2.45) is 0 Å². The van der Waals surface area contributed by atoms with Crippen molar-refractivity contribution in [1.82, 2.24) is 15.5 Å². The zero-order valence-electron chi connectivity index (χ0n) is 14.5. The molecule has 0 fully saturated rings. The van der Waals surface area contributed by atoms with Gasteiger partial charge < -0.3 is 5.32 Å². The zero-order valence-corrected chi connectivity index (χ0v) is 14.5. The van der Waals surface area contributed by atoms with Crippen molar-refractivity contribution in [3.8, 4) is 11.3 Å². The molecule has 4 rings (SSSR count). The van der Waals surface area contributed by atoms with Gasteiger partial charge in [0.25, 0.3) is 0 Å². The fraction of sp³-hybridized carbons (Fsp3) is 0.238. The van der Waals surface area contributed by atoms with Crippen LogP contribution in [0.15, 0.2) is 48.5 Å². The second kappa shape index (κ2) is 6.92.